The normalized spacial score (nSPS) is 12.5. The van der Waals surface area contributed by atoms with Crippen LogP contribution in [0.1, 0.15) is 22.7 Å². The van der Waals surface area contributed by atoms with Crippen molar-refractivity contribution < 1.29 is 8.78 Å². The molecule has 100 valence electrons. The van der Waals surface area contributed by atoms with Crippen LogP contribution in [0.15, 0.2) is 30.3 Å². The molecular formula is C14H11ClF2IN. The largest absolute Gasteiger partial charge is 0.320 e. The lowest BCUT2D eigenvalue weighted by atomic mass is 9.98. The fourth-order valence-corrected chi connectivity index (χ4v) is 2.82. The van der Waals surface area contributed by atoms with Gasteiger partial charge in [0.25, 0.3) is 0 Å². The van der Waals surface area contributed by atoms with Crippen LogP contribution in [0.4, 0.5) is 8.78 Å². The van der Waals surface area contributed by atoms with Crippen LogP contribution in [0.25, 0.3) is 0 Å². The average Bonchev–Trinajstić information content (AvgIpc) is 2.36. The van der Waals surface area contributed by atoms with Crippen LogP contribution in [0.2, 0.25) is 5.02 Å². The highest BCUT2D eigenvalue weighted by molar-refractivity contribution is 14.1. The quantitative estimate of drug-likeness (QED) is 0.587. The highest BCUT2D eigenvalue weighted by Gasteiger charge is 2.18. The van der Waals surface area contributed by atoms with Crippen molar-refractivity contribution >= 4 is 34.2 Å². The van der Waals surface area contributed by atoms with Crippen LogP contribution in [-0.2, 0) is 0 Å². The summed E-state index contributed by atoms with van der Waals surface area (Å²) < 4.78 is 27.4. The molecule has 0 saturated heterocycles. The molecule has 1 unspecified atom stereocenters. The number of rotatable bonds is 2. The summed E-state index contributed by atoms with van der Waals surface area (Å²) in [7, 11) is 0. The van der Waals surface area contributed by atoms with Crippen LogP contribution < -0.4 is 5.73 Å². The van der Waals surface area contributed by atoms with Gasteiger partial charge in [0.05, 0.1) is 6.04 Å². The van der Waals surface area contributed by atoms with Crippen molar-refractivity contribution in [3.63, 3.8) is 0 Å². The van der Waals surface area contributed by atoms with Crippen LogP contribution in [-0.4, -0.2) is 0 Å². The van der Waals surface area contributed by atoms with Crippen LogP contribution in [0.5, 0.6) is 0 Å². The van der Waals surface area contributed by atoms with E-state index in [2.05, 4.69) is 22.6 Å². The summed E-state index contributed by atoms with van der Waals surface area (Å²) in [6, 6.07) is 7.12. The number of benzene rings is 2. The zero-order chi connectivity index (χ0) is 14.2. The van der Waals surface area contributed by atoms with Crippen LogP contribution >= 0.6 is 34.2 Å². The predicted molar refractivity (Wildman–Crippen MR) is 81.3 cm³/mol. The predicted octanol–water partition coefficient (Wildman–Crippen LogP) is 4.58. The summed E-state index contributed by atoms with van der Waals surface area (Å²) in [5.74, 6) is -1.92. The maximum absolute atomic E-state index is 13.3. The van der Waals surface area contributed by atoms with Crippen molar-refractivity contribution in [3.8, 4) is 0 Å². The van der Waals surface area contributed by atoms with E-state index in [1.807, 2.05) is 25.1 Å². The molecule has 0 aliphatic rings. The van der Waals surface area contributed by atoms with Crippen molar-refractivity contribution in [1.82, 2.24) is 0 Å². The topological polar surface area (TPSA) is 26.0 Å². The third kappa shape index (κ3) is 2.90. The Morgan fingerprint density at radius 1 is 1.16 bits per heavy atom. The minimum atomic E-state index is -0.972. The molecule has 1 nitrogen and oxygen atoms in total. The molecule has 2 N–H and O–H groups in total. The molecule has 0 amide bonds. The molecule has 2 rings (SSSR count). The Kier molecular flexibility index (Phi) is 4.43. The Balaban J connectivity index is 2.53. The Bertz CT molecular complexity index is 631. The van der Waals surface area contributed by atoms with Gasteiger partial charge in [0, 0.05) is 8.59 Å². The Morgan fingerprint density at radius 2 is 1.79 bits per heavy atom. The monoisotopic (exact) mass is 393 g/mol. The van der Waals surface area contributed by atoms with E-state index in [-0.39, 0.29) is 5.02 Å². The lowest BCUT2D eigenvalue weighted by Crippen LogP contribution is -2.15. The van der Waals surface area contributed by atoms with E-state index >= 15 is 0 Å². The molecule has 0 fully saturated rings. The molecule has 0 saturated carbocycles. The summed E-state index contributed by atoms with van der Waals surface area (Å²) in [5.41, 5.74) is 8.42. The minimum Gasteiger partial charge on any atom is -0.320 e. The van der Waals surface area contributed by atoms with E-state index in [1.54, 1.807) is 0 Å². The standard InChI is InChI=1S/C14H11ClF2IN/c1-7-3-2-4-8(13(7)18)14(19)9-5-11(16)12(17)6-10(9)15/h2-6,14H,19H2,1H3. The molecular weight excluding hydrogens is 383 g/mol. The first-order valence-corrected chi connectivity index (χ1v) is 7.02. The third-order valence-electron chi connectivity index (χ3n) is 2.93. The van der Waals surface area contributed by atoms with E-state index in [1.165, 1.54) is 0 Å². The van der Waals surface area contributed by atoms with Crippen molar-refractivity contribution in [2.24, 2.45) is 5.73 Å². The molecule has 0 bridgehead atoms. The van der Waals surface area contributed by atoms with Crippen molar-refractivity contribution in [1.29, 1.82) is 0 Å². The number of hydrogen-bond donors (Lipinski definition) is 1. The van der Waals surface area contributed by atoms with E-state index < -0.39 is 17.7 Å². The number of hydrogen-bond acceptors (Lipinski definition) is 1. The molecule has 0 heterocycles. The second-order valence-electron chi connectivity index (χ2n) is 4.24. The highest BCUT2D eigenvalue weighted by atomic mass is 127. The van der Waals surface area contributed by atoms with Gasteiger partial charge in [-0.2, -0.15) is 0 Å². The molecule has 0 radical (unpaired) electrons. The van der Waals surface area contributed by atoms with Crippen molar-refractivity contribution in [2.75, 3.05) is 0 Å². The fourth-order valence-electron chi connectivity index (χ4n) is 1.85. The molecule has 0 aliphatic carbocycles. The molecule has 2 aromatic carbocycles. The van der Waals surface area contributed by atoms with Gasteiger partial charge >= 0.3 is 0 Å². The second kappa shape index (κ2) is 5.73. The van der Waals surface area contributed by atoms with Gasteiger partial charge in [-0.3, -0.25) is 0 Å². The van der Waals surface area contributed by atoms with E-state index in [0.29, 0.717) is 5.56 Å². The van der Waals surface area contributed by atoms with Crippen LogP contribution in [0.3, 0.4) is 0 Å². The Labute approximate surface area is 128 Å². The van der Waals surface area contributed by atoms with E-state index in [9.17, 15) is 8.78 Å². The van der Waals surface area contributed by atoms with Gasteiger partial charge in [0.2, 0.25) is 0 Å². The average molecular weight is 394 g/mol. The van der Waals surface area contributed by atoms with Crippen molar-refractivity contribution in [3.05, 3.63) is 67.2 Å². The molecule has 0 aliphatic heterocycles. The maximum atomic E-state index is 13.3. The Morgan fingerprint density at radius 3 is 2.47 bits per heavy atom. The zero-order valence-corrected chi connectivity index (χ0v) is 13.0. The third-order valence-corrected chi connectivity index (χ3v) is 4.73. The lowest BCUT2D eigenvalue weighted by Gasteiger charge is -2.17. The molecule has 2 aromatic rings. The zero-order valence-electron chi connectivity index (χ0n) is 10.1. The summed E-state index contributed by atoms with van der Waals surface area (Å²) in [4.78, 5) is 0. The van der Waals surface area contributed by atoms with Crippen molar-refractivity contribution in [2.45, 2.75) is 13.0 Å². The van der Waals surface area contributed by atoms with Gasteiger partial charge in [0.15, 0.2) is 11.6 Å². The molecule has 0 aromatic heterocycles. The van der Waals surface area contributed by atoms with Crippen LogP contribution in [0, 0.1) is 22.1 Å². The maximum Gasteiger partial charge on any atom is 0.160 e. The SMILES string of the molecule is Cc1cccc(C(N)c2cc(F)c(F)cc2Cl)c1I. The van der Waals surface area contributed by atoms with E-state index in [4.69, 9.17) is 17.3 Å². The van der Waals surface area contributed by atoms with Gasteiger partial charge in [-0.1, -0.05) is 29.8 Å². The van der Waals surface area contributed by atoms with Gasteiger partial charge in [-0.05, 0) is 58.3 Å². The first-order chi connectivity index (χ1) is 8.91. The fraction of sp³-hybridized carbons (Fsp3) is 0.143. The number of aryl methyl sites for hydroxylation is 1. The highest BCUT2D eigenvalue weighted by Crippen LogP contribution is 2.31. The van der Waals surface area contributed by atoms with Gasteiger partial charge in [0.1, 0.15) is 0 Å². The molecule has 5 heteroatoms. The summed E-state index contributed by atoms with van der Waals surface area (Å²) in [6.45, 7) is 1.96. The second-order valence-corrected chi connectivity index (χ2v) is 5.73. The summed E-state index contributed by atoms with van der Waals surface area (Å²) in [6.07, 6.45) is 0. The first kappa shape index (κ1) is 14.7. The summed E-state index contributed by atoms with van der Waals surface area (Å²) >= 11 is 8.13. The van der Waals surface area contributed by atoms with Gasteiger partial charge in [-0.15, -0.1) is 0 Å². The number of halogens is 4. The lowest BCUT2D eigenvalue weighted by molar-refractivity contribution is 0.506. The van der Waals surface area contributed by atoms with E-state index in [0.717, 1.165) is 26.8 Å². The minimum absolute atomic E-state index is 0.128. The van der Waals surface area contributed by atoms with Gasteiger partial charge in [-0.25, -0.2) is 8.78 Å². The van der Waals surface area contributed by atoms with Gasteiger partial charge < -0.3 is 5.73 Å². The number of nitrogens with two attached hydrogens (primary N) is 1. The first-order valence-electron chi connectivity index (χ1n) is 5.57. The molecule has 1 atom stereocenters. The molecule has 0 spiro atoms. The summed E-state index contributed by atoms with van der Waals surface area (Å²) in [5, 5.41) is 0.128. The molecule has 19 heavy (non-hydrogen) atoms. The smallest absolute Gasteiger partial charge is 0.160 e. The Hall–Kier alpha value is -0.720.